The molecule has 0 amide bonds. The smallest absolute Gasteiger partial charge is 0.0949 e. The number of hydrogen-bond acceptors (Lipinski definition) is 3. The second-order valence-corrected chi connectivity index (χ2v) is 5.62. The summed E-state index contributed by atoms with van der Waals surface area (Å²) in [6, 6.07) is 1.08. The van der Waals surface area contributed by atoms with Crippen LogP contribution in [0.5, 0.6) is 0 Å². The van der Waals surface area contributed by atoms with Crippen LogP contribution in [0.15, 0.2) is 24.9 Å². The fourth-order valence-electron chi connectivity index (χ4n) is 3.27. The van der Waals surface area contributed by atoms with Crippen molar-refractivity contribution < 1.29 is 0 Å². The lowest BCUT2D eigenvalue weighted by Crippen LogP contribution is -2.33. The van der Waals surface area contributed by atoms with Crippen molar-refractivity contribution in [3.63, 3.8) is 0 Å². The topological polar surface area (TPSA) is 47.7 Å². The first-order valence-electron chi connectivity index (χ1n) is 7.50. The quantitative estimate of drug-likeness (QED) is 0.907. The van der Waals surface area contributed by atoms with Crippen molar-refractivity contribution in [2.24, 2.45) is 7.05 Å². The number of aryl methyl sites for hydroxylation is 2. The Morgan fingerprint density at radius 1 is 1.40 bits per heavy atom. The van der Waals surface area contributed by atoms with Crippen LogP contribution in [-0.4, -0.2) is 25.4 Å². The van der Waals surface area contributed by atoms with E-state index in [4.69, 9.17) is 0 Å². The average molecular weight is 273 g/mol. The molecule has 0 radical (unpaired) electrons. The van der Waals surface area contributed by atoms with Gasteiger partial charge in [-0.05, 0) is 25.7 Å². The molecule has 20 heavy (non-hydrogen) atoms. The third-order valence-corrected chi connectivity index (χ3v) is 4.27. The number of hydrogen-bond donors (Lipinski definition) is 1. The highest BCUT2D eigenvalue weighted by atomic mass is 15.3. The molecular formula is C15H23N5. The zero-order chi connectivity index (χ0) is 13.9. The monoisotopic (exact) mass is 273 g/mol. The second kappa shape index (κ2) is 5.79. The summed E-state index contributed by atoms with van der Waals surface area (Å²) in [4.78, 5) is 4.17. The standard InChI is InChI=1S/C15H23N5/c1-3-13-12(10-19(2)18-13)9-17-14-5-4-6-15(14)20-8-7-16-11-20/h7-8,10-11,14-15,17H,3-6,9H2,1-2H3. The predicted octanol–water partition coefficient (Wildman–Crippen LogP) is 2.06. The highest BCUT2D eigenvalue weighted by molar-refractivity contribution is 5.17. The van der Waals surface area contributed by atoms with Gasteiger partial charge < -0.3 is 9.88 Å². The molecule has 0 aromatic carbocycles. The Morgan fingerprint density at radius 2 is 2.30 bits per heavy atom. The SMILES string of the molecule is CCc1nn(C)cc1CNC1CCCC1n1ccnc1. The van der Waals surface area contributed by atoms with Crippen molar-refractivity contribution >= 4 is 0 Å². The van der Waals surface area contributed by atoms with E-state index in [-0.39, 0.29) is 0 Å². The molecule has 2 heterocycles. The Kier molecular flexibility index (Phi) is 3.87. The van der Waals surface area contributed by atoms with Crippen LogP contribution in [0.25, 0.3) is 0 Å². The summed E-state index contributed by atoms with van der Waals surface area (Å²) in [5.41, 5.74) is 2.53. The molecule has 5 heteroatoms. The van der Waals surface area contributed by atoms with Crippen molar-refractivity contribution in [3.05, 3.63) is 36.2 Å². The molecule has 0 spiro atoms. The number of nitrogens with zero attached hydrogens (tertiary/aromatic N) is 4. The number of nitrogens with one attached hydrogen (secondary N) is 1. The van der Waals surface area contributed by atoms with E-state index in [1.165, 1.54) is 30.5 Å². The van der Waals surface area contributed by atoms with Gasteiger partial charge in [0.1, 0.15) is 0 Å². The summed E-state index contributed by atoms with van der Waals surface area (Å²) in [5, 5.41) is 8.23. The van der Waals surface area contributed by atoms with E-state index in [9.17, 15) is 0 Å². The summed E-state index contributed by atoms with van der Waals surface area (Å²) < 4.78 is 4.16. The van der Waals surface area contributed by atoms with E-state index in [0.29, 0.717) is 12.1 Å². The van der Waals surface area contributed by atoms with Crippen LogP contribution >= 0.6 is 0 Å². The van der Waals surface area contributed by atoms with Gasteiger partial charge in [-0.1, -0.05) is 6.92 Å². The molecule has 1 aliphatic carbocycles. The first-order valence-corrected chi connectivity index (χ1v) is 7.50. The van der Waals surface area contributed by atoms with E-state index in [0.717, 1.165) is 13.0 Å². The van der Waals surface area contributed by atoms with Gasteiger partial charge in [0.05, 0.1) is 12.0 Å². The highest BCUT2D eigenvalue weighted by Crippen LogP contribution is 2.30. The Hall–Kier alpha value is -1.62. The first kappa shape index (κ1) is 13.4. The lowest BCUT2D eigenvalue weighted by atomic mass is 10.1. The third-order valence-electron chi connectivity index (χ3n) is 4.27. The largest absolute Gasteiger partial charge is 0.333 e. The van der Waals surface area contributed by atoms with Crippen molar-refractivity contribution in [1.82, 2.24) is 24.6 Å². The van der Waals surface area contributed by atoms with Crippen molar-refractivity contribution in [2.45, 2.75) is 51.2 Å². The summed E-state index contributed by atoms with van der Waals surface area (Å²) in [6.07, 6.45) is 12.8. The van der Waals surface area contributed by atoms with Crippen LogP contribution in [0.2, 0.25) is 0 Å². The van der Waals surface area contributed by atoms with Gasteiger partial charge in [-0.2, -0.15) is 5.10 Å². The zero-order valence-electron chi connectivity index (χ0n) is 12.3. The van der Waals surface area contributed by atoms with Crippen molar-refractivity contribution in [1.29, 1.82) is 0 Å². The predicted molar refractivity (Wildman–Crippen MR) is 78.3 cm³/mol. The molecule has 0 aliphatic heterocycles. The summed E-state index contributed by atoms with van der Waals surface area (Å²) in [6.45, 7) is 3.07. The molecule has 2 atom stereocenters. The van der Waals surface area contributed by atoms with E-state index < -0.39 is 0 Å². The normalized spacial score (nSPS) is 22.5. The number of imidazole rings is 1. The minimum absolute atomic E-state index is 0.536. The van der Waals surface area contributed by atoms with E-state index in [1.807, 2.05) is 24.3 Å². The maximum Gasteiger partial charge on any atom is 0.0949 e. The van der Waals surface area contributed by atoms with Gasteiger partial charge in [-0.15, -0.1) is 0 Å². The van der Waals surface area contributed by atoms with Crippen LogP contribution in [0.4, 0.5) is 0 Å². The number of aromatic nitrogens is 4. The maximum absolute atomic E-state index is 4.50. The molecule has 2 aromatic heterocycles. The Morgan fingerprint density at radius 3 is 3.05 bits per heavy atom. The van der Waals surface area contributed by atoms with E-state index in [2.05, 4.69) is 39.3 Å². The van der Waals surface area contributed by atoms with Crippen LogP contribution in [0.3, 0.4) is 0 Å². The molecule has 2 aromatic rings. The lowest BCUT2D eigenvalue weighted by Gasteiger charge is -2.22. The van der Waals surface area contributed by atoms with Crippen LogP contribution in [0.1, 0.15) is 43.5 Å². The van der Waals surface area contributed by atoms with E-state index >= 15 is 0 Å². The first-order chi connectivity index (χ1) is 9.78. The van der Waals surface area contributed by atoms with Crippen LogP contribution in [0, 0.1) is 0 Å². The lowest BCUT2D eigenvalue weighted by molar-refractivity contribution is 0.390. The van der Waals surface area contributed by atoms with Gasteiger partial charge in [0.25, 0.3) is 0 Å². The maximum atomic E-state index is 4.50. The summed E-state index contributed by atoms with van der Waals surface area (Å²) in [5.74, 6) is 0. The third kappa shape index (κ3) is 2.63. The molecule has 0 bridgehead atoms. The molecule has 1 saturated carbocycles. The van der Waals surface area contributed by atoms with E-state index in [1.54, 1.807) is 0 Å². The van der Waals surface area contributed by atoms with Gasteiger partial charge in [0, 0.05) is 49.8 Å². The molecule has 1 fully saturated rings. The minimum atomic E-state index is 0.536. The second-order valence-electron chi connectivity index (χ2n) is 5.62. The Balaban J connectivity index is 1.65. The average Bonchev–Trinajstić information content (AvgIpc) is 3.16. The molecule has 5 nitrogen and oxygen atoms in total. The Bertz CT molecular complexity index is 543. The van der Waals surface area contributed by atoms with Gasteiger partial charge >= 0.3 is 0 Å². The van der Waals surface area contributed by atoms with Crippen molar-refractivity contribution in [2.75, 3.05) is 0 Å². The molecule has 1 aliphatic rings. The van der Waals surface area contributed by atoms with Crippen LogP contribution < -0.4 is 5.32 Å². The van der Waals surface area contributed by atoms with Gasteiger partial charge in [-0.3, -0.25) is 4.68 Å². The highest BCUT2D eigenvalue weighted by Gasteiger charge is 2.28. The molecule has 2 unspecified atom stereocenters. The molecule has 1 N–H and O–H groups in total. The molecule has 0 saturated heterocycles. The molecule has 3 rings (SSSR count). The fraction of sp³-hybridized carbons (Fsp3) is 0.600. The fourth-order valence-corrected chi connectivity index (χ4v) is 3.27. The van der Waals surface area contributed by atoms with Crippen LogP contribution in [-0.2, 0) is 20.0 Å². The number of rotatable bonds is 5. The zero-order valence-corrected chi connectivity index (χ0v) is 12.3. The summed E-state index contributed by atoms with van der Waals surface area (Å²) >= 11 is 0. The van der Waals surface area contributed by atoms with Gasteiger partial charge in [0.2, 0.25) is 0 Å². The Labute approximate surface area is 120 Å². The molecule has 108 valence electrons. The van der Waals surface area contributed by atoms with Gasteiger partial charge in [0.15, 0.2) is 0 Å². The van der Waals surface area contributed by atoms with Crippen molar-refractivity contribution in [3.8, 4) is 0 Å². The molecular weight excluding hydrogens is 250 g/mol. The minimum Gasteiger partial charge on any atom is -0.333 e. The van der Waals surface area contributed by atoms with Gasteiger partial charge in [-0.25, -0.2) is 4.98 Å². The summed E-state index contributed by atoms with van der Waals surface area (Å²) in [7, 11) is 1.99.